The molecule has 3 N–H and O–H groups in total. The molecule has 0 radical (unpaired) electrons. The molecule has 9 nitrogen and oxygen atoms in total. The number of likely N-dealkylation sites (tertiary alicyclic amines) is 1. The number of halogens is 4. The topological polar surface area (TPSA) is 111 Å². The molecule has 3 aliphatic heterocycles. The minimum atomic E-state index is -3.85. The molecule has 3 heterocycles. The van der Waals surface area contributed by atoms with Gasteiger partial charge in [-0.05, 0) is 35.2 Å². The molecule has 0 saturated carbocycles. The van der Waals surface area contributed by atoms with E-state index in [2.05, 4.69) is 10.6 Å². The van der Waals surface area contributed by atoms with Crippen LogP contribution in [0.2, 0.25) is 0 Å². The average Bonchev–Trinajstić information content (AvgIpc) is 3.28. The van der Waals surface area contributed by atoms with Crippen molar-refractivity contribution in [3.8, 4) is 5.75 Å². The van der Waals surface area contributed by atoms with E-state index in [1.807, 2.05) is 4.90 Å². The van der Waals surface area contributed by atoms with Gasteiger partial charge in [0.15, 0.2) is 0 Å². The van der Waals surface area contributed by atoms with Crippen molar-refractivity contribution in [3.63, 3.8) is 0 Å². The number of aliphatic hydroxyl groups excluding tert-OH is 1. The first-order chi connectivity index (χ1) is 19.9. The van der Waals surface area contributed by atoms with E-state index in [9.17, 15) is 28.3 Å². The lowest BCUT2D eigenvalue weighted by Gasteiger charge is -2.31. The highest BCUT2D eigenvalue weighted by Crippen LogP contribution is 2.36. The lowest BCUT2D eigenvalue weighted by molar-refractivity contribution is -0.147. The van der Waals surface area contributed by atoms with Gasteiger partial charge in [-0.2, -0.15) is 8.78 Å². The molecule has 2 atom stereocenters. The summed E-state index contributed by atoms with van der Waals surface area (Å²) in [6.07, 6.45) is -1.06. The summed E-state index contributed by atoms with van der Waals surface area (Å²) in [4.78, 5) is 39.7. The van der Waals surface area contributed by atoms with Gasteiger partial charge >= 0.3 is 5.92 Å². The van der Waals surface area contributed by atoms with Crippen molar-refractivity contribution in [3.05, 3.63) is 64.7 Å². The van der Waals surface area contributed by atoms with Gasteiger partial charge in [0.05, 0.1) is 6.04 Å². The number of aliphatic hydroxyl groups is 1. The number of rotatable bonds is 9. The molecule has 226 valence electrons. The zero-order valence-corrected chi connectivity index (χ0v) is 22.8. The van der Waals surface area contributed by atoms with Gasteiger partial charge in [-0.1, -0.05) is 30.3 Å². The first-order valence-electron chi connectivity index (χ1n) is 13.8. The minimum absolute atomic E-state index is 0.126. The third-order valence-corrected chi connectivity index (χ3v) is 7.96. The Hall–Kier alpha value is -3.55. The molecule has 3 aliphatic rings. The molecule has 2 fully saturated rings. The molecule has 2 aromatic rings. The Morgan fingerprint density at radius 2 is 1.90 bits per heavy atom. The standard InChI is InChI=1S/C29H32F4N4O5/c30-28(31)8-10-36(11-9-28)12-13-42-21-3-1-2-20(15-21)29(32,33)27(41)34-16-18-4-5-22-19(14-18)17-37(26(22)40)23-6-7-24(38)35-25(23)39/h1-5,14-15,23,26,40H,6-13,16-17H2,(H,34,41)(H,35,38,39). The van der Waals surface area contributed by atoms with Gasteiger partial charge in [-0.25, -0.2) is 8.78 Å². The Bertz CT molecular complexity index is 1350. The molecular weight excluding hydrogens is 560 g/mol. The van der Waals surface area contributed by atoms with Crippen LogP contribution in [0.1, 0.15) is 54.2 Å². The smallest absolute Gasteiger partial charge is 0.349 e. The largest absolute Gasteiger partial charge is 0.492 e. The summed E-state index contributed by atoms with van der Waals surface area (Å²) in [7, 11) is 0. The fourth-order valence-corrected chi connectivity index (χ4v) is 5.50. The van der Waals surface area contributed by atoms with Crippen LogP contribution in [0.4, 0.5) is 17.6 Å². The number of amides is 3. The van der Waals surface area contributed by atoms with Crippen LogP contribution in [-0.4, -0.2) is 70.8 Å². The van der Waals surface area contributed by atoms with E-state index in [1.165, 1.54) is 12.1 Å². The minimum Gasteiger partial charge on any atom is -0.492 e. The Balaban J connectivity index is 1.15. The summed E-state index contributed by atoms with van der Waals surface area (Å²) in [5, 5.41) is 15.3. The second-order valence-electron chi connectivity index (χ2n) is 10.9. The number of carbonyl (C=O) groups excluding carboxylic acids is 3. The van der Waals surface area contributed by atoms with Gasteiger partial charge in [0.25, 0.3) is 11.8 Å². The van der Waals surface area contributed by atoms with Crippen molar-refractivity contribution >= 4 is 17.7 Å². The SMILES string of the molecule is O=C1CCC(N2Cc3cc(CNC(=O)C(F)(F)c4cccc(OCCN5CCC(F)(F)CC5)c4)ccc3C2O)C(=O)N1. The highest BCUT2D eigenvalue weighted by atomic mass is 19.3. The van der Waals surface area contributed by atoms with Crippen molar-refractivity contribution in [2.24, 2.45) is 0 Å². The number of ether oxygens (including phenoxy) is 1. The lowest BCUT2D eigenvalue weighted by Crippen LogP contribution is -2.51. The van der Waals surface area contributed by atoms with Crippen molar-refractivity contribution in [2.45, 2.75) is 62.9 Å². The fourth-order valence-electron chi connectivity index (χ4n) is 5.50. The fraction of sp³-hybridized carbons (Fsp3) is 0.483. The second-order valence-corrected chi connectivity index (χ2v) is 10.9. The maximum Gasteiger partial charge on any atom is 0.349 e. The number of benzene rings is 2. The second kappa shape index (κ2) is 12.0. The predicted octanol–water partition coefficient (Wildman–Crippen LogP) is 2.82. The highest BCUT2D eigenvalue weighted by Gasteiger charge is 2.42. The normalized spacial score (nSPS) is 22.9. The van der Waals surface area contributed by atoms with Gasteiger partial charge < -0.3 is 15.2 Å². The van der Waals surface area contributed by atoms with Gasteiger partial charge in [-0.3, -0.25) is 29.5 Å². The molecule has 0 bridgehead atoms. The summed E-state index contributed by atoms with van der Waals surface area (Å²) in [6.45, 7) is 0.995. The van der Waals surface area contributed by atoms with Crippen LogP contribution >= 0.6 is 0 Å². The molecule has 0 aromatic heterocycles. The molecule has 0 spiro atoms. The first-order valence-corrected chi connectivity index (χ1v) is 13.8. The van der Waals surface area contributed by atoms with Crippen molar-refractivity contribution in [2.75, 3.05) is 26.2 Å². The number of carbonyl (C=O) groups is 3. The van der Waals surface area contributed by atoms with Crippen molar-refractivity contribution in [1.82, 2.24) is 20.4 Å². The number of hydrogen-bond donors (Lipinski definition) is 3. The zero-order chi connectivity index (χ0) is 30.1. The van der Waals surface area contributed by atoms with E-state index in [1.54, 1.807) is 23.1 Å². The third-order valence-electron chi connectivity index (χ3n) is 7.96. The summed E-state index contributed by atoms with van der Waals surface area (Å²) in [5.41, 5.74) is 1.24. The number of fused-ring (bicyclic) bond motifs is 1. The number of alkyl halides is 4. The number of nitrogens with one attached hydrogen (secondary N) is 2. The van der Waals surface area contributed by atoms with E-state index >= 15 is 8.78 Å². The van der Waals surface area contributed by atoms with Crippen LogP contribution in [0, 0.1) is 0 Å². The summed E-state index contributed by atoms with van der Waals surface area (Å²) in [6, 6.07) is 9.29. The van der Waals surface area contributed by atoms with E-state index in [-0.39, 0.29) is 70.1 Å². The Kier molecular flexibility index (Phi) is 8.53. The lowest BCUT2D eigenvalue weighted by atomic mass is 10.0. The van der Waals surface area contributed by atoms with E-state index in [0.29, 0.717) is 23.2 Å². The molecule has 2 unspecified atom stereocenters. The van der Waals surface area contributed by atoms with Crippen molar-refractivity contribution in [1.29, 1.82) is 0 Å². The van der Waals surface area contributed by atoms with Gasteiger partial charge in [0.2, 0.25) is 11.8 Å². The summed E-state index contributed by atoms with van der Waals surface area (Å²) in [5.74, 6) is -8.70. The number of hydrogen-bond acceptors (Lipinski definition) is 7. The van der Waals surface area contributed by atoms with Gasteiger partial charge in [0, 0.05) is 57.5 Å². The summed E-state index contributed by atoms with van der Waals surface area (Å²) < 4.78 is 62.3. The number of nitrogens with zero attached hydrogens (tertiary/aromatic N) is 2. The maximum absolute atomic E-state index is 15.1. The number of piperidine rings is 2. The molecule has 5 rings (SSSR count). The Morgan fingerprint density at radius 3 is 2.64 bits per heavy atom. The van der Waals surface area contributed by atoms with E-state index in [4.69, 9.17) is 4.74 Å². The van der Waals surface area contributed by atoms with Gasteiger partial charge in [0.1, 0.15) is 18.6 Å². The highest BCUT2D eigenvalue weighted by molar-refractivity contribution is 6.00. The first kappa shape index (κ1) is 29.9. The van der Waals surface area contributed by atoms with Crippen LogP contribution in [0.25, 0.3) is 0 Å². The zero-order valence-electron chi connectivity index (χ0n) is 22.8. The van der Waals surface area contributed by atoms with Crippen LogP contribution in [0.3, 0.4) is 0 Å². The number of imide groups is 1. The predicted molar refractivity (Wildman–Crippen MR) is 141 cm³/mol. The molecular formula is C29H32F4N4O5. The molecule has 2 saturated heterocycles. The van der Waals surface area contributed by atoms with Crippen LogP contribution < -0.4 is 15.4 Å². The molecule has 2 aromatic carbocycles. The summed E-state index contributed by atoms with van der Waals surface area (Å²) >= 11 is 0. The average molecular weight is 593 g/mol. The monoisotopic (exact) mass is 592 g/mol. The molecule has 0 aliphatic carbocycles. The van der Waals surface area contributed by atoms with Gasteiger partial charge in [-0.15, -0.1) is 0 Å². The quantitative estimate of drug-likeness (QED) is 0.304. The maximum atomic E-state index is 15.1. The van der Waals surface area contributed by atoms with Crippen LogP contribution in [0.15, 0.2) is 42.5 Å². The third kappa shape index (κ3) is 6.58. The Labute approximate surface area is 239 Å². The van der Waals surface area contributed by atoms with Crippen LogP contribution in [0.5, 0.6) is 5.75 Å². The Morgan fingerprint density at radius 1 is 1.14 bits per heavy atom. The molecule has 3 amide bonds. The van der Waals surface area contributed by atoms with E-state index < -0.39 is 41.5 Å². The molecule has 42 heavy (non-hydrogen) atoms. The van der Waals surface area contributed by atoms with E-state index in [0.717, 1.165) is 12.1 Å². The van der Waals surface area contributed by atoms with Crippen molar-refractivity contribution < 1.29 is 41.8 Å². The molecule has 13 heteroatoms. The van der Waals surface area contributed by atoms with Crippen LogP contribution in [-0.2, 0) is 33.4 Å².